The molecule has 0 spiro atoms. The van der Waals surface area contributed by atoms with Crippen molar-refractivity contribution in [2.45, 2.75) is 381 Å². The van der Waals surface area contributed by atoms with E-state index in [2.05, 4.69) is 48.5 Å². The maximum Gasteiger partial charge on any atom is 0.472 e. The first-order valence-electron chi connectivity index (χ1n) is 37.3. The molecule has 540 valence electrons. The molecule has 0 aromatic rings. The lowest BCUT2D eigenvalue weighted by Crippen LogP contribution is -2.30. The van der Waals surface area contributed by atoms with Gasteiger partial charge in [0.1, 0.15) is 19.3 Å². The molecule has 91 heavy (non-hydrogen) atoms. The number of phosphoric acid groups is 2. The van der Waals surface area contributed by atoms with Gasteiger partial charge in [0.05, 0.1) is 26.4 Å². The van der Waals surface area contributed by atoms with E-state index in [1.54, 1.807) is 0 Å². The average Bonchev–Trinajstić information content (AvgIpc) is 2.99. The van der Waals surface area contributed by atoms with Crippen LogP contribution in [0.25, 0.3) is 0 Å². The van der Waals surface area contributed by atoms with Crippen molar-refractivity contribution >= 4 is 39.5 Å². The standard InChI is InChI=1S/C72H140O17P2/c1-8-9-10-11-12-13-14-15-16-17-18-19-20-21-22-23-26-32-41-48-55-71(76)88-67(59-82-69(74)53-46-39-31-27-24-25-29-36-43-50-63(2)3)61-86-90(78,79)84-57-66(73)58-85-91(80,81)87-62-68(60-83-70(75)54-47-40-35-34-38-45-52-65(6)7)89-72(77)56-49-42-33-28-30-37-44-51-64(4)5/h63-68,73H,8-62H2,1-7H3,(H,78,79)(H,80,81)/t66-,67-,68-/m1/s1. The van der Waals surface area contributed by atoms with Gasteiger partial charge in [-0.05, 0) is 43.4 Å². The molecule has 3 N–H and O–H groups in total. The summed E-state index contributed by atoms with van der Waals surface area (Å²) in [4.78, 5) is 72.5. The molecular weight excluding hydrogens is 1200 g/mol. The highest BCUT2D eigenvalue weighted by Gasteiger charge is 2.30. The molecule has 0 amide bonds. The molecule has 5 atom stereocenters. The summed E-state index contributed by atoms with van der Waals surface area (Å²) in [6.45, 7) is 11.7. The van der Waals surface area contributed by atoms with Gasteiger partial charge in [0.2, 0.25) is 0 Å². The van der Waals surface area contributed by atoms with E-state index in [0.29, 0.717) is 37.5 Å². The molecule has 19 heteroatoms. The van der Waals surface area contributed by atoms with Crippen molar-refractivity contribution in [2.24, 2.45) is 17.8 Å². The molecule has 0 fully saturated rings. The SMILES string of the molecule is CCCCCCCCCCCCCCCCCCCCCCC(=O)O[C@H](COC(=O)CCCCCCCCCCCC(C)C)COP(=O)(O)OC[C@@H](O)COP(=O)(O)OC[C@@H](COC(=O)CCCCCCCCC(C)C)OC(=O)CCCCCCCCCC(C)C. The van der Waals surface area contributed by atoms with Crippen LogP contribution in [-0.4, -0.2) is 96.7 Å². The third-order valence-corrected chi connectivity index (χ3v) is 18.5. The molecule has 0 aliphatic rings. The van der Waals surface area contributed by atoms with Crippen LogP contribution in [0.4, 0.5) is 0 Å². The predicted molar refractivity (Wildman–Crippen MR) is 368 cm³/mol. The fraction of sp³-hybridized carbons (Fsp3) is 0.944. The van der Waals surface area contributed by atoms with Gasteiger partial charge in [-0.1, -0.05) is 312 Å². The third kappa shape index (κ3) is 66.5. The molecule has 0 aromatic carbocycles. The van der Waals surface area contributed by atoms with E-state index in [1.165, 1.54) is 167 Å². The molecule has 0 saturated heterocycles. The van der Waals surface area contributed by atoms with Crippen LogP contribution in [0.3, 0.4) is 0 Å². The molecular formula is C72H140O17P2. The summed E-state index contributed by atoms with van der Waals surface area (Å²) in [6.07, 6.45) is 47.6. The number of aliphatic hydroxyl groups excluding tert-OH is 1. The van der Waals surface area contributed by atoms with E-state index in [4.69, 9.17) is 37.0 Å². The molecule has 0 aliphatic carbocycles. The number of phosphoric ester groups is 2. The minimum Gasteiger partial charge on any atom is -0.462 e. The fourth-order valence-electron chi connectivity index (χ4n) is 10.9. The number of carbonyl (C=O) groups is 4. The van der Waals surface area contributed by atoms with Gasteiger partial charge in [0.15, 0.2) is 12.2 Å². The summed E-state index contributed by atoms with van der Waals surface area (Å²) in [6, 6.07) is 0. The Morgan fingerprint density at radius 2 is 0.505 bits per heavy atom. The maximum atomic E-state index is 13.0. The normalized spacial score (nSPS) is 14.2. The fourth-order valence-corrected chi connectivity index (χ4v) is 12.5. The van der Waals surface area contributed by atoms with Crippen LogP contribution in [0.5, 0.6) is 0 Å². The molecule has 0 heterocycles. The highest BCUT2D eigenvalue weighted by Crippen LogP contribution is 2.45. The number of hydrogen-bond donors (Lipinski definition) is 3. The lowest BCUT2D eigenvalue weighted by atomic mass is 10.0. The van der Waals surface area contributed by atoms with Crippen LogP contribution in [0.2, 0.25) is 0 Å². The Kier molecular flexibility index (Phi) is 61.5. The van der Waals surface area contributed by atoms with Crippen LogP contribution < -0.4 is 0 Å². The second kappa shape index (κ2) is 62.8. The van der Waals surface area contributed by atoms with E-state index < -0.39 is 97.5 Å². The number of unbranched alkanes of at least 4 members (excludes halogenated alkanes) is 38. The number of hydrogen-bond acceptors (Lipinski definition) is 15. The van der Waals surface area contributed by atoms with E-state index in [1.807, 2.05) is 0 Å². The van der Waals surface area contributed by atoms with Gasteiger partial charge >= 0.3 is 39.5 Å². The van der Waals surface area contributed by atoms with Crippen molar-refractivity contribution in [3.63, 3.8) is 0 Å². The molecule has 2 unspecified atom stereocenters. The Morgan fingerprint density at radius 1 is 0.297 bits per heavy atom. The first-order valence-corrected chi connectivity index (χ1v) is 40.3. The highest BCUT2D eigenvalue weighted by atomic mass is 31.2. The summed E-state index contributed by atoms with van der Waals surface area (Å²) in [5, 5.41) is 10.6. The van der Waals surface area contributed by atoms with Crippen molar-refractivity contribution in [1.29, 1.82) is 0 Å². The Bertz CT molecular complexity index is 1780. The lowest BCUT2D eigenvalue weighted by Gasteiger charge is -2.21. The smallest absolute Gasteiger partial charge is 0.462 e. The summed E-state index contributed by atoms with van der Waals surface area (Å²) < 4.78 is 68.3. The molecule has 0 aromatic heterocycles. The predicted octanol–water partition coefficient (Wildman–Crippen LogP) is 20.6. The summed E-state index contributed by atoms with van der Waals surface area (Å²) >= 11 is 0. The number of ether oxygens (including phenoxy) is 4. The first-order chi connectivity index (χ1) is 43.7. The highest BCUT2D eigenvalue weighted by molar-refractivity contribution is 7.47. The second-order valence-electron chi connectivity index (χ2n) is 27.4. The quantitative estimate of drug-likeness (QED) is 0.0222. The molecule has 0 radical (unpaired) electrons. The van der Waals surface area contributed by atoms with Gasteiger partial charge in [0, 0.05) is 25.7 Å². The van der Waals surface area contributed by atoms with Crippen LogP contribution in [0.15, 0.2) is 0 Å². The van der Waals surface area contributed by atoms with Crippen LogP contribution in [0, 0.1) is 17.8 Å². The minimum atomic E-state index is -4.95. The Balaban J connectivity index is 5.18. The number of aliphatic hydroxyl groups is 1. The second-order valence-corrected chi connectivity index (χ2v) is 30.3. The number of carbonyl (C=O) groups excluding carboxylic acids is 4. The average molecular weight is 1340 g/mol. The van der Waals surface area contributed by atoms with Crippen LogP contribution in [-0.2, 0) is 65.4 Å². The van der Waals surface area contributed by atoms with Gasteiger partial charge in [-0.25, -0.2) is 9.13 Å². The topological polar surface area (TPSA) is 237 Å². The monoisotopic (exact) mass is 1340 g/mol. The molecule has 17 nitrogen and oxygen atoms in total. The molecule has 0 aliphatic heterocycles. The van der Waals surface area contributed by atoms with Gasteiger partial charge in [-0.3, -0.25) is 37.3 Å². The summed E-state index contributed by atoms with van der Waals surface area (Å²) in [5.74, 6) is -0.0108. The minimum absolute atomic E-state index is 0.102. The number of rotatable bonds is 70. The Labute approximate surface area is 556 Å². The van der Waals surface area contributed by atoms with E-state index in [0.717, 1.165) is 102 Å². The third-order valence-electron chi connectivity index (χ3n) is 16.6. The lowest BCUT2D eigenvalue weighted by molar-refractivity contribution is -0.161. The first kappa shape index (κ1) is 89.1. The van der Waals surface area contributed by atoms with Crippen molar-refractivity contribution in [3.8, 4) is 0 Å². The Morgan fingerprint density at radius 3 is 0.747 bits per heavy atom. The summed E-state index contributed by atoms with van der Waals surface area (Å²) in [7, 11) is -9.90. The largest absolute Gasteiger partial charge is 0.472 e. The molecule has 0 saturated carbocycles. The van der Waals surface area contributed by atoms with E-state index >= 15 is 0 Å². The zero-order valence-corrected chi connectivity index (χ0v) is 61.1. The van der Waals surface area contributed by atoms with E-state index in [-0.39, 0.29) is 25.7 Å². The molecule has 0 bridgehead atoms. The summed E-state index contributed by atoms with van der Waals surface area (Å²) in [5.41, 5.74) is 0. The number of esters is 4. The van der Waals surface area contributed by atoms with Crippen molar-refractivity contribution < 1.29 is 80.2 Å². The zero-order chi connectivity index (χ0) is 67.3. The van der Waals surface area contributed by atoms with Crippen LogP contribution in [0.1, 0.15) is 363 Å². The van der Waals surface area contributed by atoms with Gasteiger partial charge < -0.3 is 33.8 Å². The zero-order valence-electron chi connectivity index (χ0n) is 59.3. The van der Waals surface area contributed by atoms with Crippen LogP contribution >= 0.6 is 15.6 Å². The molecule has 0 rings (SSSR count). The van der Waals surface area contributed by atoms with Gasteiger partial charge in [-0.2, -0.15) is 0 Å². The Hall–Kier alpha value is -1.94. The maximum absolute atomic E-state index is 13.0. The van der Waals surface area contributed by atoms with Gasteiger partial charge in [0.25, 0.3) is 0 Å². The van der Waals surface area contributed by atoms with Crippen molar-refractivity contribution in [1.82, 2.24) is 0 Å². The van der Waals surface area contributed by atoms with E-state index in [9.17, 15) is 43.2 Å². The van der Waals surface area contributed by atoms with Crippen molar-refractivity contribution in [3.05, 3.63) is 0 Å². The van der Waals surface area contributed by atoms with Gasteiger partial charge in [-0.15, -0.1) is 0 Å². The van der Waals surface area contributed by atoms with Crippen molar-refractivity contribution in [2.75, 3.05) is 39.6 Å².